The van der Waals surface area contributed by atoms with Gasteiger partial charge in [0.15, 0.2) is 0 Å². The van der Waals surface area contributed by atoms with Crippen LogP contribution in [-0.2, 0) is 0 Å². The lowest BCUT2D eigenvalue weighted by atomic mass is 9.98. The highest BCUT2D eigenvalue weighted by molar-refractivity contribution is 5.82. The van der Waals surface area contributed by atoms with E-state index in [2.05, 4.69) is 75.1 Å². The van der Waals surface area contributed by atoms with Gasteiger partial charge in [-0.1, -0.05) is 31.2 Å². The lowest BCUT2D eigenvalue weighted by molar-refractivity contribution is 0.312. The van der Waals surface area contributed by atoms with Crippen LogP contribution in [0.1, 0.15) is 18.4 Å². The predicted molar refractivity (Wildman–Crippen MR) is 137 cm³/mol. The highest BCUT2D eigenvalue weighted by atomic mass is 15.4. The first kappa shape index (κ1) is 22.2. The van der Waals surface area contributed by atoms with Crippen LogP contribution in [0.4, 0.5) is 11.6 Å². The van der Waals surface area contributed by atoms with Crippen molar-refractivity contribution in [3.05, 3.63) is 72.8 Å². The SMILES string of the molecule is CC(CN(N)c1cc(-c2ccc(N3CCN(C)CC3)nc2)ncn1)c1cccc2cccnc12. The maximum Gasteiger partial charge on any atom is 0.146 e. The van der Waals surface area contributed by atoms with E-state index in [1.165, 1.54) is 5.56 Å². The Labute approximate surface area is 200 Å². The fraction of sp³-hybridized carbons (Fsp3) is 0.308. The highest BCUT2D eigenvalue weighted by Crippen LogP contribution is 2.26. The molecule has 1 aromatic carbocycles. The van der Waals surface area contributed by atoms with Gasteiger partial charge in [-0.2, -0.15) is 0 Å². The molecule has 1 aliphatic heterocycles. The van der Waals surface area contributed by atoms with Crippen LogP contribution in [0.3, 0.4) is 0 Å². The van der Waals surface area contributed by atoms with Gasteiger partial charge in [0.05, 0.1) is 11.2 Å². The van der Waals surface area contributed by atoms with Crippen LogP contribution in [0.15, 0.2) is 67.3 Å². The minimum atomic E-state index is 0.173. The Morgan fingerprint density at radius 2 is 1.79 bits per heavy atom. The fourth-order valence-corrected chi connectivity index (χ4v) is 4.43. The quantitative estimate of drug-likeness (QED) is 0.351. The van der Waals surface area contributed by atoms with Crippen molar-refractivity contribution >= 4 is 22.5 Å². The van der Waals surface area contributed by atoms with Gasteiger partial charge in [0.25, 0.3) is 0 Å². The van der Waals surface area contributed by atoms with Crippen molar-refractivity contribution in [3.63, 3.8) is 0 Å². The Kier molecular flexibility index (Phi) is 6.33. The number of pyridine rings is 2. The molecule has 1 saturated heterocycles. The molecular formula is C26H30N8. The predicted octanol–water partition coefficient (Wildman–Crippen LogP) is 3.32. The third-order valence-electron chi connectivity index (χ3n) is 6.48. The van der Waals surface area contributed by atoms with Gasteiger partial charge in [0.2, 0.25) is 0 Å². The number of anilines is 2. The second-order valence-electron chi connectivity index (χ2n) is 8.93. The molecule has 4 heterocycles. The van der Waals surface area contributed by atoms with E-state index in [-0.39, 0.29) is 5.92 Å². The Morgan fingerprint density at radius 1 is 0.971 bits per heavy atom. The summed E-state index contributed by atoms with van der Waals surface area (Å²) in [4.78, 5) is 22.8. The molecule has 0 spiro atoms. The Bertz CT molecular complexity index is 1250. The van der Waals surface area contributed by atoms with E-state index in [1.54, 1.807) is 11.3 Å². The van der Waals surface area contributed by atoms with Crippen molar-refractivity contribution < 1.29 is 0 Å². The summed E-state index contributed by atoms with van der Waals surface area (Å²) in [6.07, 6.45) is 5.27. The molecule has 174 valence electrons. The number of rotatable bonds is 6. The molecule has 3 aromatic heterocycles. The number of benzene rings is 1. The molecule has 0 aliphatic carbocycles. The molecule has 1 fully saturated rings. The first-order valence-electron chi connectivity index (χ1n) is 11.7. The average Bonchev–Trinajstić information content (AvgIpc) is 2.89. The molecule has 8 nitrogen and oxygen atoms in total. The van der Waals surface area contributed by atoms with Crippen molar-refractivity contribution in [2.24, 2.45) is 5.84 Å². The van der Waals surface area contributed by atoms with Crippen LogP contribution in [0.2, 0.25) is 0 Å². The van der Waals surface area contributed by atoms with Gasteiger partial charge in [0, 0.05) is 68.1 Å². The van der Waals surface area contributed by atoms with Gasteiger partial charge in [-0.3, -0.25) is 9.99 Å². The first-order valence-corrected chi connectivity index (χ1v) is 11.7. The topological polar surface area (TPSA) is 87.3 Å². The van der Waals surface area contributed by atoms with Crippen LogP contribution >= 0.6 is 0 Å². The second kappa shape index (κ2) is 9.70. The van der Waals surface area contributed by atoms with Crippen molar-refractivity contribution in [2.45, 2.75) is 12.8 Å². The maximum absolute atomic E-state index is 6.45. The number of piperazine rings is 1. The Hall–Kier alpha value is -3.62. The van der Waals surface area contributed by atoms with Crippen molar-refractivity contribution in [2.75, 3.05) is 49.7 Å². The summed E-state index contributed by atoms with van der Waals surface area (Å²) in [6.45, 7) is 6.86. The summed E-state index contributed by atoms with van der Waals surface area (Å²) < 4.78 is 0. The largest absolute Gasteiger partial charge is 0.354 e. The molecule has 8 heteroatoms. The standard InChI is InChI=1S/C26H30N8/c1-19(22-7-3-5-20-6-4-10-28-26(20)22)17-34(27)25-15-23(30-18-31-25)21-8-9-24(29-16-21)33-13-11-32(2)12-14-33/h3-10,15-16,18-19H,11-14,17,27H2,1-2H3. The van der Waals surface area contributed by atoms with E-state index in [0.717, 1.165) is 54.2 Å². The molecule has 4 aromatic rings. The minimum Gasteiger partial charge on any atom is -0.354 e. The molecular weight excluding hydrogens is 424 g/mol. The van der Waals surface area contributed by atoms with Crippen molar-refractivity contribution in [1.82, 2.24) is 24.8 Å². The summed E-state index contributed by atoms with van der Waals surface area (Å²) in [7, 11) is 2.15. The zero-order valence-electron chi connectivity index (χ0n) is 19.7. The number of nitrogens with zero attached hydrogens (tertiary/aromatic N) is 7. The van der Waals surface area contributed by atoms with Crippen LogP contribution in [-0.4, -0.2) is 64.6 Å². The van der Waals surface area contributed by atoms with Gasteiger partial charge in [-0.05, 0) is 30.8 Å². The molecule has 0 saturated carbocycles. The van der Waals surface area contributed by atoms with Gasteiger partial charge in [0.1, 0.15) is 18.0 Å². The summed E-state index contributed by atoms with van der Waals surface area (Å²) in [5.74, 6) is 8.30. The normalized spacial score (nSPS) is 15.4. The molecule has 0 amide bonds. The summed E-state index contributed by atoms with van der Waals surface area (Å²) in [5, 5.41) is 2.82. The van der Waals surface area contributed by atoms with Gasteiger partial charge >= 0.3 is 0 Å². The molecule has 0 bridgehead atoms. The number of likely N-dealkylation sites (N-methyl/N-ethyl adjacent to an activating group) is 1. The van der Waals surface area contributed by atoms with E-state index in [1.807, 2.05) is 24.5 Å². The monoisotopic (exact) mass is 454 g/mol. The van der Waals surface area contributed by atoms with E-state index >= 15 is 0 Å². The Balaban J connectivity index is 1.30. The van der Waals surface area contributed by atoms with Crippen molar-refractivity contribution in [1.29, 1.82) is 0 Å². The third-order valence-corrected chi connectivity index (χ3v) is 6.48. The number of hydrogen-bond acceptors (Lipinski definition) is 8. The maximum atomic E-state index is 6.45. The van der Waals surface area contributed by atoms with Gasteiger partial charge in [-0.15, -0.1) is 0 Å². The number of fused-ring (bicyclic) bond motifs is 1. The number of para-hydroxylation sites is 1. The molecule has 0 radical (unpaired) electrons. The van der Waals surface area contributed by atoms with Crippen LogP contribution in [0.25, 0.3) is 22.2 Å². The molecule has 1 atom stereocenters. The zero-order chi connectivity index (χ0) is 23.5. The van der Waals surface area contributed by atoms with Crippen LogP contribution in [0.5, 0.6) is 0 Å². The van der Waals surface area contributed by atoms with E-state index in [9.17, 15) is 0 Å². The number of aromatic nitrogens is 4. The Morgan fingerprint density at radius 3 is 2.59 bits per heavy atom. The summed E-state index contributed by atoms with van der Waals surface area (Å²) >= 11 is 0. The molecule has 2 N–H and O–H groups in total. The van der Waals surface area contributed by atoms with Gasteiger partial charge in [-0.25, -0.2) is 20.8 Å². The van der Waals surface area contributed by atoms with E-state index < -0.39 is 0 Å². The fourth-order valence-electron chi connectivity index (χ4n) is 4.43. The number of hydrazine groups is 1. The zero-order valence-corrected chi connectivity index (χ0v) is 19.7. The molecule has 1 aliphatic rings. The smallest absolute Gasteiger partial charge is 0.146 e. The van der Waals surface area contributed by atoms with E-state index in [0.29, 0.717) is 12.4 Å². The minimum absolute atomic E-state index is 0.173. The summed E-state index contributed by atoms with van der Waals surface area (Å²) in [6, 6.07) is 16.4. The highest BCUT2D eigenvalue weighted by Gasteiger charge is 2.17. The summed E-state index contributed by atoms with van der Waals surface area (Å²) in [5.41, 5.74) is 3.94. The molecule has 1 unspecified atom stereocenters. The molecule has 34 heavy (non-hydrogen) atoms. The number of nitrogens with two attached hydrogens (primary N) is 1. The number of hydrogen-bond donors (Lipinski definition) is 1. The lowest BCUT2D eigenvalue weighted by Gasteiger charge is -2.33. The average molecular weight is 455 g/mol. The van der Waals surface area contributed by atoms with Crippen LogP contribution in [0, 0.1) is 0 Å². The first-order chi connectivity index (χ1) is 16.6. The van der Waals surface area contributed by atoms with Crippen LogP contribution < -0.4 is 15.8 Å². The third kappa shape index (κ3) is 4.69. The van der Waals surface area contributed by atoms with Gasteiger partial charge < -0.3 is 9.80 Å². The van der Waals surface area contributed by atoms with E-state index in [4.69, 9.17) is 10.8 Å². The second-order valence-corrected chi connectivity index (χ2v) is 8.93. The lowest BCUT2D eigenvalue weighted by Crippen LogP contribution is -2.44. The van der Waals surface area contributed by atoms with Crippen molar-refractivity contribution in [3.8, 4) is 11.3 Å². The molecule has 5 rings (SSSR count).